The van der Waals surface area contributed by atoms with Crippen LogP contribution in [-0.2, 0) is 28.0 Å². The highest BCUT2D eigenvalue weighted by Crippen LogP contribution is 2.52. The third-order valence-electron chi connectivity index (χ3n) is 10.4. The van der Waals surface area contributed by atoms with Gasteiger partial charge in [0.1, 0.15) is 11.4 Å². The van der Waals surface area contributed by atoms with Crippen molar-refractivity contribution in [3.8, 4) is 11.1 Å². The number of hydroxylamine groups is 2. The summed E-state index contributed by atoms with van der Waals surface area (Å²) in [5.74, 6) is 0.568. The molecule has 3 aromatic carbocycles. The van der Waals surface area contributed by atoms with E-state index in [9.17, 15) is 14.7 Å². The predicted molar refractivity (Wildman–Crippen MR) is 179 cm³/mol. The van der Waals surface area contributed by atoms with Gasteiger partial charge in [-0.3, -0.25) is 4.79 Å². The predicted octanol–water partition coefficient (Wildman–Crippen LogP) is 7.25. The molecule has 2 aromatic heterocycles. The molecule has 240 valence electrons. The van der Waals surface area contributed by atoms with Crippen LogP contribution in [0.25, 0.3) is 22.1 Å². The second-order valence-electron chi connectivity index (χ2n) is 13.4. The number of aromatic amines is 1. The summed E-state index contributed by atoms with van der Waals surface area (Å²) in [7, 11) is 0. The SMILES string of the molecule is O=C(ON1CCCc2nc(C3(c4cccc(C5CCCCC5)c4)CC3)[nH]c(=O)c2C1)[C@H](O)c1cccc(-c2coc3ccccc23)c1. The summed E-state index contributed by atoms with van der Waals surface area (Å²) in [5.41, 5.74) is 6.36. The van der Waals surface area contributed by atoms with Gasteiger partial charge in [0.15, 0.2) is 6.10 Å². The zero-order valence-corrected chi connectivity index (χ0v) is 26.4. The van der Waals surface area contributed by atoms with Crippen molar-refractivity contribution in [3.63, 3.8) is 0 Å². The van der Waals surface area contributed by atoms with Crippen molar-refractivity contribution >= 4 is 16.9 Å². The van der Waals surface area contributed by atoms with Gasteiger partial charge in [-0.25, -0.2) is 9.78 Å². The van der Waals surface area contributed by atoms with Crippen LogP contribution in [0.2, 0.25) is 0 Å². The van der Waals surface area contributed by atoms with Crippen molar-refractivity contribution in [2.24, 2.45) is 0 Å². The van der Waals surface area contributed by atoms with E-state index in [1.54, 1.807) is 24.5 Å². The lowest BCUT2D eigenvalue weighted by Gasteiger charge is -2.24. The highest BCUT2D eigenvalue weighted by molar-refractivity contribution is 5.94. The Hall–Kier alpha value is -4.53. The van der Waals surface area contributed by atoms with Gasteiger partial charge < -0.3 is 19.3 Å². The Kier molecular flexibility index (Phi) is 7.78. The van der Waals surface area contributed by atoms with E-state index in [4.69, 9.17) is 14.2 Å². The Morgan fingerprint density at radius 3 is 2.68 bits per heavy atom. The van der Waals surface area contributed by atoms with Crippen LogP contribution >= 0.6 is 0 Å². The summed E-state index contributed by atoms with van der Waals surface area (Å²) in [6.07, 6.45) is 9.80. The highest BCUT2D eigenvalue weighted by atomic mass is 16.7. The fourth-order valence-corrected chi connectivity index (χ4v) is 7.60. The van der Waals surface area contributed by atoms with Gasteiger partial charge in [0.2, 0.25) is 0 Å². The smallest absolute Gasteiger partial charge is 0.358 e. The number of fused-ring (bicyclic) bond motifs is 2. The number of aliphatic hydroxyl groups excluding tert-OH is 1. The lowest BCUT2D eigenvalue weighted by molar-refractivity contribution is -0.203. The highest BCUT2D eigenvalue weighted by Gasteiger charge is 2.49. The number of furan rings is 1. The molecule has 2 fully saturated rings. The Morgan fingerprint density at radius 2 is 1.83 bits per heavy atom. The van der Waals surface area contributed by atoms with Crippen molar-refractivity contribution in [1.82, 2.24) is 15.0 Å². The van der Waals surface area contributed by atoms with Gasteiger partial charge in [0.05, 0.1) is 29.5 Å². The number of nitrogens with one attached hydrogen (secondary N) is 1. The minimum Gasteiger partial charge on any atom is -0.464 e. The van der Waals surface area contributed by atoms with Gasteiger partial charge in [-0.2, -0.15) is 0 Å². The third-order valence-corrected chi connectivity index (χ3v) is 10.4. The molecular weight excluding hydrogens is 590 g/mol. The first kappa shape index (κ1) is 29.8. The second-order valence-corrected chi connectivity index (χ2v) is 13.4. The molecule has 0 amide bonds. The average molecular weight is 630 g/mol. The molecular formula is C39H39N3O5. The molecule has 2 N–H and O–H groups in total. The Bertz CT molecular complexity index is 2000. The molecule has 0 unspecified atom stereocenters. The van der Waals surface area contributed by atoms with Crippen molar-refractivity contribution in [2.45, 2.75) is 81.8 Å². The number of hydrogen-bond donors (Lipinski definition) is 2. The summed E-state index contributed by atoms with van der Waals surface area (Å²) >= 11 is 0. The maximum atomic E-state index is 13.6. The molecule has 1 atom stereocenters. The number of aryl methyl sites for hydroxylation is 1. The van der Waals surface area contributed by atoms with Crippen LogP contribution in [0.3, 0.4) is 0 Å². The molecule has 47 heavy (non-hydrogen) atoms. The topological polar surface area (TPSA) is 109 Å². The molecule has 0 spiro atoms. The van der Waals surface area contributed by atoms with Crippen LogP contribution in [0.4, 0.5) is 0 Å². The number of para-hydroxylation sites is 1. The van der Waals surface area contributed by atoms with Crippen LogP contribution in [0.15, 0.2) is 88.3 Å². The largest absolute Gasteiger partial charge is 0.464 e. The number of aliphatic hydroxyl groups is 1. The van der Waals surface area contributed by atoms with E-state index in [-0.39, 0.29) is 17.5 Å². The Morgan fingerprint density at radius 1 is 1.00 bits per heavy atom. The molecule has 0 radical (unpaired) electrons. The van der Waals surface area contributed by atoms with Crippen LogP contribution < -0.4 is 5.56 Å². The summed E-state index contributed by atoms with van der Waals surface area (Å²) in [4.78, 5) is 40.6. The normalized spacial score (nSPS) is 18.7. The molecule has 3 heterocycles. The van der Waals surface area contributed by atoms with Gasteiger partial charge >= 0.3 is 5.97 Å². The minimum atomic E-state index is -1.49. The number of rotatable bonds is 7. The number of carbonyl (C=O) groups excluding carboxylic acids is 1. The van der Waals surface area contributed by atoms with E-state index in [0.29, 0.717) is 36.4 Å². The van der Waals surface area contributed by atoms with Gasteiger partial charge in [-0.1, -0.05) is 79.9 Å². The molecule has 2 aliphatic carbocycles. The van der Waals surface area contributed by atoms with E-state index < -0.39 is 12.1 Å². The number of hydrogen-bond acceptors (Lipinski definition) is 7. The minimum absolute atomic E-state index is 0.113. The Labute approximate surface area is 273 Å². The maximum absolute atomic E-state index is 13.6. The van der Waals surface area contributed by atoms with Crippen LogP contribution in [0.5, 0.6) is 0 Å². The zero-order valence-electron chi connectivity index (χ0n) is 26.4. The first-order valence-electron chi connectivity index (χ1n) is 16.9. The summed E-state index contributed by atoms with van der Waals surface area (Å²) in [5, 5.41) is 13.4. The first-order chi connectivity index (χ1) is 23.0. The molecule has 0 saturated heterocycles. The van der Waals surface area contributed by atoms with Gasteiger partial charge in [-0.15, -0.1) is 5.06 Å². The van der Waals surface area contributed by atoms with Crippen molar-refractivity contribution in [3.05, 3.63) is 123 Å². The molecule has 8 heteroatoms. The summed E-state index contributed by atoms with van der Waals surface area (Å²) in [6, 6.07) is 23.9. The zero-order chi connectivity index (χ0) is 32.0. The number of benzene rings is 3. The van der Waals surface area contributed by atoms with E-state index in [1.807, 2.05) is 30.3 Å². The standard InChI is InChI=1S/C39H39N3O5/c43-35(28-13-6-12-27(21-28)32-24-46-34-17-5-4-15-30(32)34)37(45)47-42-20-8-16-33-31(23-42)36(44)41-38(40-33)39(18-19-39)29-14-7-11-26(22-29)25-9-2-1-3-10-25/h4-7,11-15,17,21-22,24-25,35,43H,1-3,8-10,16,18-20,23H2,(H,40,41,44)/t35-/m1/s1. The van der Waals surface area contributed by atoms with Crippen LogP contribution in [0, 0.1) is 0 Å². The molecule has 2 saturated carbocycles. The van der Waals surface area contributed by atoms with E-state index in [1.165, 1.54) is 48.3 Å². The molecule has 3 aliphatic rings. The lowest BCUT2D eigenvalue weighted by Crippen LogP contribution is -2.32. The Balaban J connectivity index is 0.987. The monoisotopic (exact) mass is 629 g/mol. The molecule has 0 bridgehead atoms. The quantitative estimate of drug-likeness (QED) is 0.195. The maximum Gasteiger partial charge on any atom is 0.358 e. The molecule has 8 nitrogen and oxygen atoms in total. The van der Waals surface area contributed by atoms with E-state index >= 15 is 0 Å². The molecule has 8 rings (SSSR count). The van der Waals surface area contributed by atoms with Crippen LogP contribution in [-0.4, -0.2) is 32.7 Å². The van der Waals surface area contributed by atoms with Gasteiger partial charge in [-0.05, 0) is 78.8 Å². The molecule has 5 aromatic rings. The van der Waals surface area contributed by atoms with E-state index in [2.05, 4.69) is 29.2 Å². The number of aromatic nitrogens is 2. The number of carbonyl (C=O) groups is 1. The van der Waals surface area contributed by atoms with Gasteiger partial charge in [0.25, 0.3) is 5.56 Å². The van der Waals surface area contributed by atoms with Crippen molar-refractivity contribution < 1.29 is 19.2 Å². The average Bonchev–Trinajstić information content (AvgIpc) is 3.86. The number of H-pyrrole nitrogens is 1. The lowest BCUT2D eigenvalue weighted by atomic mass is 9.82. The van der Waals surface area contributed by atoms with Gasteiger partial charge in [0, 0.05) is 17.5 Å². The fraction of sp³-hybridized carbons (Fsp3) is 0.359. The van der Waals surface area contributed by atoms with Crippen molar-refractivity contribution in [1.29, 1.82) is 0 Å². The third kappa shape index (κ3) is 5.70. The summed E-state index contributed by atoms with van der Waals surface area (Å²) < 4.78 is 5.69. The van der Waals surface area contributed by atoms with Crippen molar-refractivity contribution in [2.75, 3.05) is 6.54 Å². The second kappa shape index (κ2) is 12.2. The van der Waals surface area contributed by atoms with Crippen LogP contribution in [0.1, 0.15) is 97.2 Å². The molecule has 1 aliphatic heterocycles. The fourth-order valence-electron chi connectivity index (χ4n) is 7.60. The van der Waals surface area contributed by atoms with E-state index in [0.717, 1.165) is 46.5 Å². The number of nitrogens with zero attached hydrogens (tertiary/aromatic N) is 2. The summed E-state index contributed by atoms with van der Waals surface area (Å²) in [6.45, 7) is 0.542. The first-order valence-corrected chi connectivity index (χ1v) is 16.9.